The SMILES string of the molecule is Cc1oncc1CN1C[C@@H](F)C[C@H]1CNC(=O)c1cccc(C#N)c1. The van der Waals surface area contributed by atoms with Crippen LogP contribution in [-0.2, 0) is 6.54 Å². The van der Waals surface area contributed by atoms with Gasteiger partial charge in [0.15, 0.2) is 0 Å². The maximum Gasteiger partial charge on any atom is 0.251 e. The second-order valence-corrected chi connectivity index (χ2v) is 6.23. The van der Waals surface area contributed by atoms with Crippen LogP contribution in [0.15, 0.2) is 35.0 Å². The van der Waals surface area contributed by atoms with Crippen LogP contribution in [0.3, 0.4) is 0 Å². The summed E-state index contributed by atoms with van der Waals surface area (Å²) in [5.74, 6) is 0.457. The van der Waals surface area contributed by atoms with Crippen molar-refractivity contribution in [2.24, 2.45) is 0 Å². The fourth-order valence-electron chi connectivity index (χ4n) is 3.06. The van der Waals surface area contributed by atoms with E-state index in [-0.39, 0.29) is 11.9 Å². The van der Waals surface area contributed by atoms with Gasteiger partial charge in [0.1, 0.15) is 11.9 Å². The molecule has 7 heteroatoms. The van der Waals surface area contributed by atoms with E-state index in [9.17, 15) is 9.18 Å². The Morgan fingerprint density at radius 3 is 3.12 bits per heavy atom. The Balaban J connectivity index is 1.61. The zero-order valence-electron chi connectivity index (χ0n) is 13.9. The first-order chi connectivity index (χ1) is 12.1. The van der Waals surface area contributed by atoms with E-state index in [0.717, 1.165) is 11.3 Å². The minimum Gasteiger partial charge on any atom is -0.361 e. The van der Waals surface area contributed by atoms with E-state index in [4.69, 9.17) is 9.78 Å². The number of nitrogens with zero attached hydrogens (tertiary/aromatic N) is 3. The number of halogens is 1. The molecule has 1 N–H and O–H groups in total. The van der Waals surface area contributed by atoms with E-state index in [0.29, 0.717) is 37.2 Å². The molecule has 1 fully saturated rings. The molecule has 0 unspecified atom stereocenters. The van der Waals surface area contributed by atoms with Crippen LogP contribution in [0, 0.1) is 18.3 Å². The molecule has 2 atom stereocenters. The lowest BCUT2D eigenvalue weighted by Gasteiger charge is -2.23. The smallest absolute Gasteiger partial charge is 0.251 e. The number of carbonyl (C=O) groups is 1. The Kier molecular flexibility index (Phi) is 5.10. The highest BCUT2D eigenvalue weighted by Crippen LogP contribution is 2.23. The quantitative estimate of drug-likeness (QED) is 0.901. The fourth-order valence-corrected chi connectivity index (χ4v) is 3.06. The summed E-state index contributed by atoms with van der Waals surface area (Å²) in [6.45, 7) is 3.04. The molecule has 2 aromatic rings. The molecule has 1 aromatic carbocycles. The van der Waals surface area contributed by atoms with Crippen molar-refractivity contribution in [1.82, 2.24) is 15.4 Å². The zero-order chi connectivity index (χ0) is 17.8. The maximum atomic E-state index is 13.9. The molecule has 1 aromatic heterocycles. The number of nitriles is 1. The summed E-state index contributed by atoms with van der Waals surface area (Å²) < 4.78 is 18.9. The first-order valence-electron chi connectivity index (χ1n) is 8.13. The number of hydrogen-bond donors (Lipinski definition) is 1. The molecule has 0 saturated carbocycles. The number of alkyl halides is 1. The lowest BCUT2D eigenvalue weighted by molar-refractivity contribution is 0.0939. The first-order valence-corrected chi connectivity index (χ1v) is 8.13. The highest BCUT2D eigenvalue weighted by atomic mass is 19.1. The Labute approximate surface area is 145 Å². The van der Waals surface area contributed by atoms with E-state index < -0.39 is 6.17 Å². The average molecular weight is 342 g/mol. The summed E-state index contributed by atoms with van der Waals surface area (Å²) in [7, 11) is 0. The molecular formula is C18H19FN4O2. The highest BCUT2D eigenvalue weighted by Gasteiger charge is 2.32. The predicted molar refractivity (Wildman–Crippen MR) is 88.4 cm³/mol. The van der Waals surface area contributed by atoms with Crippen molar-refractivity contribution >= 4 is 5.91 Å². The third kappa shape index (κ3) is 4.03. The van der Waals surface area contributed by atoms with Crippen molar-refractivity contribution in [1.29, 1.82) is 5.26 Å². The molecule has 0 spiro atoms. The monoisotopic (exact) mass is 342 g/mol. The van der Waals surface area contributed by atoms with Gasteiger partial charge in [0.2, 0.25) is 0 Å². The van der Waals surface area contributed by atoms with Crippen molar-refractivity contribution in [3.8, 4) is 6.07 Å². The second kappa shape index (κ2) is 7.45. The molecule has 1 aliphatic heterocycles. The van der Waals surface area contributed by atoms with Crippen LogP contribution in [0.5, 0.6) is 0 Å². The van der Waals surface area contributed by atoms with E-state index in [1.54, 1.807) is 30.5 Å². The van der Waals surface area contributed by atoms with E-state index in [2.05, 4.69) is 10.5 Å². The van der Waals surface area contributed by atoms with Crippen LogP contribution in [-0.4, -0.2) is 41.3 Å². The number of hydrogen-bond acceptors (Lipinski definition) is 5. The lowest BCUT2D eigenvalue weighted by Crippen LogP contribution is -2.39. The molecular weight excluding hydrogens is 323 g/mol. The van der Waals surface area contributed by atoms with E-state index in [1.807, 2.05) is 17.9 Å². The number of aryl methyl sites for hydroxylation is 1. The second-order valence-electron chi connectivity index (χ2n) is 6.23. The zero-order valence-corrected chi connectivity index (χ0v) is 13.9. The standard InChI is InChI=1S/C18H19FN4O2/c1-12-15(8-22-25-12)10-23-11-16(19)6-17(23)9-21-18(24)14-4-2-3-13(5-14)7-20/h2-5,8,16-17H,6,9-11H2,1H3,(H,21,24)/t16-,17-/m0/s1. The van der Waals surface area contributed by atoms with Gasteiger partial charge in [-0.2, -0.15) is 5.26 Å². The van der Waals surface area contributed by atoms with Gasteiger partial charge in [-0.3, -0.25) is 9.69 Å². The molecule has 1 saturated heterocycles. The number of benzene rings is 1. The number of amides is 1. The van der Waals surface area contributed by atoms with Crippen LogP contribution in [0.25, 0.3) is 0 Å². The van der Waals surface area contributed by atoms with Crippen LogP contribution in [0.1, 0.15) is 33.7 Å². The van der Waals surface area contributed by atoms with Gasteiger partial charge in [-0.15, -0.1) is 0 Å². The summed E-state index contributed by atoms with van der Waals surface area (Å²) in [5.41, 5.74) is 1.78. The van der Waals surface area contributed by atoms with Gasteiger partial charge in [0, 0.05) is 36.8 Å². The fraction of sp³-hybridized carbons (Fsp3) is 0.389. The van der Waals surface area contributed by atoms with Gasteiger partial charge in [-0.05, 0) is 31.5 Å². The molecule has 130 valence electrons. The Morgan fingerprint density at radius 1 is 1.56 bits per heavy atom. The molecule has 1 amide bonds. The largest absolute Gasteiger partial charge is 0.361 e. The van der Waals surface area contributed by atoms with Crippen LogP contribution < -0.4 is 5.32 Å². The van der Waals surface area contributed by atoms with Crippen molar-refractivity contribution in [2.75, 3.05) is 13.1 Å². The van der Waals surface area contributed by atoms with Crippen LogP contribution in [0.4, 0.5) is 4.39 Å². The van der Waals surface area contributed by atoms with Gasteiger partial charge in [0.05, 0.1) is 17.8 Å². The third-order valence-electron chi connectivity index (χ3n) is 4.45. The summed E-state index contributed by atoms with van der Waals surface area (Å²) in [6, 6.07) is 8.43. The Morgan fingerprint density at radius 2 is 2.40 bits per heavy atom. The summed E-state index contributed by atoms with van der Waals surface area (Å²) in [5, 5.41) is 15.5. The summed E-state index contributed by atoms with van der Waals surface area (Å²) in [6.07, 6.45) is 1.11. The Hall–Kier alpha value is -2.72. The maximum absolute atomic E-state index is 13.9. The normalized spacial score (nSPS) is 20.4. The van der Waals surface area contributed by atoms with Crippen molar-refractivity contribution in [3.05, 3.63) is 52.9 Å². The number of nitrogens with one attached hydrogen (secondary N) is 1. The summed E-state index contributed by atoms with van der Waals surface area (Å²) in [4.78, 5) is 14.3. The van der Waals surface area contributed by atoms with Gasteiger partial charge >= 0.3 is 0 Å². The van der Waals surface area contributed by atoms with Crippen molar-refractivity contribution in [2.45, 2.75) is 32.1 Å². The molecule has 6 nitrogen and oxygen atoms in total. The predicted octanol–water partition coefficient (Wildman–Crippen LogP) is 2.20. The van der Waals surface area contributed by atoms with Gasteiger partial charge < -0.3 is 9.84 Å². The Bertz CT molecular complexity index is 798. The number of rotatable bonds is 5. The average Bonchev–Trinajstić information content (AvgIpc) is 3.18. The topological polar surface area (TPSA) is 82.2 Å². The molecule has 0 aliphatic carbocycles. The van der Waals surface area contributed by atoms with Crippen LogP contribution >= 0.6 is 0 Å². The lowest BCUT2D eigenvalue weighted by atomic mass is 10.1. The highest BCUT2D eigenvalue weighted by molar-refractivity contribution is 5.94. The summed E-state index contributed by atoms with van der Waals surface area (Å²) >= 11 is 0. The van der Waals surface area contributed by atoms with Crippen molar-refractivity contribution < 1.29 is 13.7 Å². The van der Waals surface area contributed by atoms with Gasteiger partial charge in [0.25, 0.3) is 5.91 Å². The first kappa shape index (κ1) is 17.1. The number of aromatic nitrogens is 1. The molecule has 1 aliphatic rings. The van der Waals surface area contributed by atoms with Gasteiger partial charge in [-0.25, -0.2) is 4.39 Å². The molecule has 25 heavy (non-hydrogen) atoms. The minimum atomic E-state index is -0.913. The van der Waals surface area contributed by atoms with Crippen molar-refractivity contribution in [3.63, 3.8) is 0 Å². The molecule has 0 bridgehead atoms. The molecule has 3 rings (SSSR count). The van der Waals surface area contributed by atoms with E-state index in [1.165, 1.54) is 0 Å². The van der Waals surface area contributed by atoms with Crippen LogP contribution in [0.2, 0.25) is 0 Å². The minimum absolute atomic E-state index is 0.0904. The third-order valence-corrected chi connectivity index (χ3v) is 4.45. The van der Waals surface area contributed by atoms with E-state index >= 15 is 0 Å². The van der Waals surface area contributed by atoms with Gasteiger partial charge in [-0.1, -0.05) is 11.2 Å². The molecule has 0 radical (unpaired) electrons. The number of likely N-dealkylation sites (tertiary alicyclic amines) is 1. The molecule has 2 heterocycles. The number of carbonyl (C=O) groups excluding carboxylic acids is 1.